The maximum Gasteiger partial charge on any atom is 0.433 e. The normalized spacial score (nSPS) is 16.8. The summed E-state index contributed by atoms with van der Waals surface area (Å²) in [4.78, 5) is 17.5. The fourth-order valence-electron chi connectivity index (χ4n) is 1.83. The number of carbonyl (C=O) groups excluding carboxylic acids is 1. The van der Waals surface area contributed by atoms with Crippen LogP contribution in [0.2, 0.25) is 0 Å². The number of piperazine rings is 1. The Morgan fingerprint density at radius 2 is 1.83 bits per heavy atom. The molecule has 98 valence electrons. The molecular formula is C11H12F3N3O. The molecule has 1 aromatic rings. The van der Waals surface area contributed by atoms with E-state index in [2.05, 4.69) is 4.98 Å². The van der Waals surface area contributed by atoms with Gasteiger partial charge in [-0.1, -0.05) is 0 Å². The minimum Gasteiger partial charge on any atom is -0.367 e. The van der Waals surface area contributed by atoms with Crippen LogP contribution in [0.25, 0.3) is 0 Å². The molecule has 1 aromatic heterocycles. The predicted molar refractivity (Wildman–Crippen MR) is 59.1 cm³/mol. The Kier molecular flexibility index (Phi) is 3.40. The highest BCUT2D eigenvalue weighted by Gasteiger charge is 2.32. The smallest absolute Gasteiger partial charge is 0.367 e. The zero-order chi connectivity index (χ0) is 13.2. The summed E-state index contributed by atoms with van der Waals surface area (Å²) in [5.74, 6) is 0. The van der Waals surface area contributed by atoms with Gasteiger partial charge >= 0.3 is 6.18 Å². The Hall–Kier alpha value is -1.79. The van der Waals surface area contributed by atoms with E-state index in [1.807, 2.05) is 4.90 Å². The number of anilines is 1. The highest BCUT2D eigenvalue weighted by atomic mass is 19.4. The molecular weight excluding hydrogens is 247 g/mol. The van der Waals surface area contributed by atoms with E-state index in [9.17, 15) is 18.0 Å². The summed E-state index contributed by atoms with van der Waals surface area (Å²) < 4.78 is 37.0. The van der Waals surface area contributed by atoms with E-state index in [0.717, 1.165) is 12.5 Å². The van der Waals surface area contributed by atoms with Crippen LogP contribution >= 0.6 is 0 Å². The molecule has 1 amide bonds. The molecule has 1 fully saturated rings. The molecule has 0 atom stereocenters. The van der Waals surface area contributed by atoms with Crippen LogP contribution in [0, 0.1) is 0 Å². The van der Waals surface area contributed by atoms with E-state index in [1.54, 1.807) is 4.90 Å². The molecule has 1 aliphatic rings. The number of hydrogen-bond acceptors (Lipinski definition) is 3. The number of nitrogens with zero attached hydrogens (tertiary/aromatic N) is 3. The Balaban J connectivity index is 2.05. The van der Waals surface area contributed by atoms with Crippen molar-refractivity contribution in [3.05, 3.63) is 24.0 Å². The third-order valence-corrected chi connectivity index (χ3v) is 2.87. The summed E-state index contributed by atoms with van der Waals surface area (Å²) in [6.07, 6.45) is -2.41. The van der Waals surface area contributed by atoms with Crippen LogP contribution in [-0.2, 0) is 11.0 Å². The van der Waals surface area contributed by atoms with E-state index in [1.165, 1.54) is 12.3 Å². The fourth-order valence-corrected chi connectivity index (χ4v) is 1.83. The fraction of sp³-hybridized carbons (Fsp3) is 0.455. The highest BCUT2D eigenvalue weighted by Crippen LogP contribution is 2.28. The lowest BCUT2D eigenvalue weighted by Crippen LogP contribution is -2.45. The Morgan fingerprint density at radius 1 is 1.17 bits per heavy atom. The number of hydrogen-bond donors (Lipinski definition) is 0. The van der Waals surface area contributed by atoms with Gasteiger partial charge in [-0.2, -0.15) is 13.2 Å². The third kappa shape index (κ3) is 2.72. The molecule has 0 spiro atoms. The molecule has 0 unspecified atom stereocenters. The average molecular weight is 259 g/mol. The molecule has 0 aromatic carbocycles. The van der Waals surface area contributed by atoms with E-state index < -0.39 is 11.9 Å². The van der Waals surface area contributed by atoms with Crippen molar-refractivity contribution in [1.82, 2.24) is 9.88 Å². The largest absolute Gasteiger partial charge is 0.433 e. The highest BCUT2D eigenvalue weighted by molar-refractivity contribution is 5.50. The first-order chi connectivity index (χ1) is 8.50. The monoisotopic (exact) mass is 259 g/mol. The van der Waals surface area contributed by atoms with Gasteiger partial charge in [-0.05, 0) is 12.1 Å². The number of alkyl halides is 3. The van der Waals surface area contributed by atoms with Gasteiger partial charge in [0.15, 0.2) is 0 Å². The second-order valence-corrected chi connectivity index (χ2v) is 4.03. The van der Waals surface area contributed by atoms with Gasteiger partial charge in [0, 0.05) is 26.2 Å². The SMILES string of the molecule is O=CN1CCN(c2ccc(C(F)(F)F)nc2)CC1. The van der Waals surface area contributed by atoms with Crippen molar-refractivity contribution in [2.75, 3.05) is 31.1 Å². The summed E-state index contributed by atoms with van der Waals surface area (Å²) >= 11 is 0. The van der Waals surface area contributed by atoms with Crippen LogP contribution in [0.1, 0.15) is 5.69 Å². The van der Waals surface area contributed by atoms with Crippen molar-refractivity contribution in [2.45, 2.75) is 6.18 Å². The van der Waals surface area contributed by atoms with Gasteiger partial charge in [-0.25, -0.2) is 4.98 Å². The number of pyridine rings is 1. The molecule has 0 N–H and O–H groups in total. The van der Waals surface area contributed by atoms with Crippen molar-refractivity contribution < 1.29 is 18.0 Å². The second-order valence-electron chi connectivity index (χ2n) is 4.03. The quantitative estimate of drug-likeness (QED) is 0.753. The molecule has 0 aliphatic carbocycles. The van der Waals surface area contributed by atoms with E-state index in [0.29, 0.717) is 31.9 Å². The van der Waals surface area contributed by atoms with Gasteiger partial charge in [0.1, 0.15) is 5.69 Å². The van der Waals surface area contributed by atoms with Crippen molar-refractivity contribution in [1.29, 1.82) is 0 Å². The molecule has 2 heterocycles. The van der Waals surface area contributed by atoms with Crippen molar-refractivity contribution in [3.8, 4) is 0 Å². The zero-order valence-electron chi connectivity index (χ0n) is 9.52. The van der Waals surface area contributed by atoms with Crippen LogP contribution in [0.3, 0.4) is 0 Å². The molecule has 18 heavy (non-hydrogen) atoms. The van der Waals surface area contributed by atoms with Gasteiger partial charge < -0.3 is 9.80 Å². The molecule has 1 saturated heterocycles. The molecule has 4 nitrogen and oxygen atoms in total. The second kappa shape index (κ2) is 4.83. The molecule has 0 bridgehead atoms. The molecule has 7 heteroatoms. The predicted octanol–water partition coefficient (Wildman–Crippen LogP) is 1.38. The molecule has 0 saturated carbocycles. The zero-order valence-corrected chi connectivity index (χ0v) is 9.52. The Morgan fingerprint density at radius 3 is 2.28 bits per heavy atom. The first kappa shape index (κ1) is 12.7. The maximum atomic E-state index is 12.3. The summed E-state index contributed by atoms with van der Waals surface area (Å²) in [7, 11) is 0. The number of aromatic nitrogens is 1. The first-order valence-electron chi connectivity index (χ1n) is 5.48. The van der Waals surface area contributed by atoms with Gasteiger partial charge in [-0.15, -0.1) is 0 Å². The van der Waals surface area contributed by atoms with E-state index in [-0.39, 0.29) is 0 Å². The van der Waals surface area contributed by atoms with Crippen LogP contribution < -0.4 is 4.90 Å². The van der Waals surface area contributed by atoms with Crippen molar-refractivity contribution >= 4 is 12.1 Å². The summed E-state index contributed by atoms with van der Waals surface area (Å²) in [6.45, 7) is 2.35. The molecule has 0 radical (unpaired) electrons. The van der Waals surface area contributed by atoms with Crippen LogP contribution in [0.5, 0.6) is 0 Å². The molecule has 1 aliphatic heterocycles. The van der Waals surface area contributed by atoms with Gasteiger partial charge in [0.2, 0.25) is 6.41 Å². The number of rotatable bonds is 2. The van der Waals surface area contributed by atoms with Crippen molar-refractivity contribution in [2.24, 2.45) is 0 Å². The Bertz CT molecular complexity index is 411. The van der Waals surface area contributed by atoms with Crippen LogP contribution in [0.4, 0.5) is 18.9 Å². The number of amides is 1. The van der Waals surface area contributed by atoms with Gasteiger partial charge in [0.05, 0.1) is 11.9 Å². The number of halogens is 3. The first-order valence-corrected chi connectivity index (χ1v) is 5.48. The topological polar surface area (TPSA) is 36.4 Å². The Labute approximate surface area is 102 Å². The van der Waals surface area contributed by atoms with E-state index >= 15 is 0 Å². The van der Waals surface area contributed by atoms with Gasteiger partial charge in [-0.3, -0.25) is 4.79 Å². The summed E-state index contributed by atoms with van der Waals surface area (Å²) in [5, 5.41) is 0. The van der Waals surface area contributed by atoms with Crippen LogP contribution in [0.15, 0.2) is 18.3 Å². The lowest BCUT2D eigenvalue weighted by molar-refractivity contribution is -0.141. The van der Waals surface area contributed by atoms with Crippen molar-refractivity contribution in [3.63, 3.8) is 0 Å². The lowest BCUT2D eigenvalue weighted by atomic mass is 10.2. The standard InChI is InChI=1S/C11H12F3N3O/c12-11(13,14)10-2-1-9(7-15-10)17-5-3-16(8-18)4-6-17/h1-2,7-8H,3-6H2. The minimum absolute atomic E-state index is 0.574. The van der Waals surface area contributed by atoms with E-state index in [4.69, 9.17) is 0 Å². The molecule has 2 rings (SSSR count). The summed E-state index contributed by atoms with van der Waals surface area (Å²) in [5.41, 5.74) is -0.244. The van der Waals surface area contributed by atoms with Gasteiger partial charge in [0.25, 0.3) is 0 Å². The maximum absolute atomic E-state index is 12.3. The average Bonchev–Trinajstić information content (AvgIpc) is 2.38. The number of carbonyl (C=O) groups is 1. The third-order valence-electron chi connectivity index (χ3n) is 2.87. The minimum atomic E-state index is -4.41. The van der Waals surface area contributed by atoms with Crippen LogP contribution in [-0.4, -0.2) is 42.5 Å². The lowest BCUT2D eigenvalue weighted by Gasteiger charge is -2.33. The summed E-state index contributed by atoms with van der Waals surface area (Å²) in [6, 6.07) is 2.38.